The predicted molar refractivity (Wildman–Crippen MR) is 72.8 cm³/mol. The van der Waals surface area contributed by atoms with Gasteiger partial charge < -0.3 is 0 Å². The number of halogens is 1. The molecule has 1 atom stereocenters. The lowest BCUT2D eigenvalue weighted by molar-refractivity contribution is 0.101. The van der Waals surface area contributed by atoms with Gasteiger partial charge in [-0.3, -0.25) is 4.79 Å². The number of hydrogen-bond acceptors (Lipinski definition) is 3. The summed E-state index contributed by atoms with van der Waals surface area (Å²) in [6.45, 7) is 3.41. The summed E-state index contributed by atoms with van der Waals surface area (Å²) >= 11 is 1.69. The zero-order valence-corrected chi connectivity index (χ0v) is 12.1. The van der Waals surface area contributed by atoms with Crippen LogP contribution in [0.1, 0.15) is 22.8 Å². The summed E-state index contributed by atoms with van der Waals surface area (Å²) in [5.74, 6) is -0.357. The lowest BCUT2D eigenvalue weighted by Gasteiger charge is -2.09. The molecule has 0 aliphatic carbocycles. The molecule has 0 saturated heterocycles. The van der Waals surface area contributed by atoms with E-state index in [4.69, 9.17) is 0 Å². The van der Waals surface area contributed by atoms with Crippen molar-refractivity contribution in [2.24, 2.45) is 0 Å². The van der Waals surface area contributed by atoms with Crippen LogP contribution in [0.15, 0.2) is 24.3 Å². The van der Waals surface area contributed by atoms with E-state index in [9.17, 15) is 13.2 Å². The van der Waals surface area contributed by atoms with Crippen molar-refractivity contribution < 1.29 is 13.2 Å². The minimum atomic E-state index is -3.32. The second-order valence-corrected chi connectivity index (χ2v) is 7.97. The topological polar surface area (TPSA) is 51.2 Å². The van der Waals surface area contributed by atoms with Gasteiger partial charge in [0.2, 0.25) is 0 Å². The first-order valence-electron chi connectivity index (χ1n) is 4.85. The molecule has 16 heavy (non-hydrogen) atoms. The Morgan fingerprint density at radius 2 is 2.06 bits per heavy atom. The van der Waals surface area contributed by atoms with Crippen LogP contribution in [0.3, 0.4) is 0 Å². The van der Waals surface area contributed by atoms with Crippen molar-refractivity contribution in [1.29, 1.82) is 0 Å². The Balaban J connectivity index is 3.04. The molecule has 0 aliphatic rings. The molecule has 0 N–H and O–H groups in total. The van der Waals surface area contributed by atoms with Gasteiger partial charge in [-0.15, -0.1) is 0 Å². The highest BCUT2D eigenvalue weighted by atomic mass is 127. The molecule has 0 heterocycles. The van der Waals surface area contributed by atoms with Gasteiger partial charge in [-0.25, -0.2) is 8.42 Å². The Morgan fingerprint density at radius 3 is 2.56 bits per heavy atom. The summed E-state index contributed by atoms with van der Waals surface area (Å²) in [7, 11) is -3.32. The van der Waals surface area contributed by atoms with Gasteiger partial charge in [-0.2, -0.15) is 0 Å². The van der Waals surface area contributed by atoms with Crippen molar-refractivity contribution in [1.82, 2.24) is 0 Å². The van der Waals surface area contributed by atoms with Gasteiger partial charge in [-0.1, -0.05) is 53.3 Å². The molecule has 0 fully saturated rings. The van der Waals surface area contributed by atoms with Crippen LogP contribution in [0.25, 0.3) is 0 Å². The predicted octanol–water partition coefficient (Wildman–Crippen LogP) is 2.37. The van der Waals surface area contributed by atoms with E-state index in [-0.39, 0.29) is 11.5 Å². The van der Waals surface area contributed by atoms with E-state index in [0.29, 0.717) is 5.56 Å². The highest BCUT2D eigenvalue weighted by Crippen LogP contribution is 2.18. The Labute approximate surface area is 109 Å². The molecule has 3 nitrogen and oxygen atoms in total. The maximum Gasteiger partial charge on any atom is 0.190 e. The fraction of sp³-hybridized carbons (Fsp3) is 0.364. The minimum absolute atomic E-state index is 0.0157. The number of hydrogen-bond donors (Lipinski definition) is 0. The fourth-order valence-electron chi connectivity index (χ4n) is 1.24. The molecule has 88 valence electrons. The first-order chi connectivity index (χ1) is 7.38. The first-order valence-corrected chi connectivity index (χ1v) is 7.81. The maximum atomic E-state index is 11.9. The molecule has 0 spiro atoms. The number of benzene rings is 1. The van der Waals surface area contributed by atoms with Crippen LogP contribution in [-0.4, -0.2) is 23.2 Å². The molecule has 1 aromatic carbocycles. The summed E-state index contributed by atoms with van der Waals surface area (Å²) < 4.78 is 22.2. The largest absolute Gasteiger partial charge is 0.292 e. The molecule has 1 aromatic rings. The average Bonchev–Trinajstić information content (AvgIpc) is 2.27. The third-order valence-electron chi connectivity index (χ3n) is 2.23. The van der Waals surface area contributed by atoms with Crippen LogP contribution in [-0.2, 0) is 9.84 Å². The molecular weight excluding hydrogens is 339 g/mol. The second-order valence-electron chi connectivity index (χ2n) is 3.50. The van der Waals surface area contributed by atoms with Gasteiger partial charge in [0.1, 0.15) is 0 Å². The van der Waals surface area contributed by atoms with Crippen LogP contribution in [0.2, 0.25) is 0 Å². The summed E-state index contributed by atoms with van der Waals surface area (Å²) in [6, 6.07) is 6.98. The number of aryl methyl sites for hydroxylation is 1. The van der Waals surface area contributed by atoms with Crippen LogP contribution in [0.4, 0.5) is 0 Å². The molecule has 5 heteroatoms. The van der Waals surface area contributed by atoms with E-state index in [2.05, 4.69) is 0 Å². The maximum absolute atomic E-state index is 11.9. The third kappa shape index (κ3) is 3.04. The van der Waals surface area contributed by atoms with Gasteiger partial charge in [0.25, 0.3) is 0 Å². The van der Waals surface area contributed by atoms with Crippen LogP contribution in [0, 0.1) is 6.92 Å². The van der Waals surface area contributed by atoms with Crippen molar-refractivity contribution in [2.75, 3.05) is 5.75 Å². The van der Waals surface area contributed by atoms with Gasteiger partial charge in [0, 0.05) is 11.3 Å². The SMILES string of the molecule is CCS(=O)(=O)[C@@H](I)C(=O)c1cccc(C)c1. The molecule has 0 amide bonds. The van der Waals surface area contributed by atoms with E-state index in [1.54, 1.807) is 47.7 Å². The van der Waals surface area contributed by atoms with Gasteiger partial charge in [-0.05, 0) is 13.0 Å². The number of Topliss-reactive ketones (excluding diaryl/α,β-unsaturated/α-hetero) is 1. The van der Waals surface area contributed by atoms with Crippen molar-refractivity contribution in [3.8, 4) is 0 Å². The van der Waals surface area contributed by atoms with E-state index in [1.165, 1.54) is 0 Å². The smallest absolute Gasteiger partial charge is 0.190 e. The standard InChI is InChI=1S/C11H13IO3S/c1-3-16(14,15)11(12)10(13)9-6-4-5-8(2)7-9/h4-7,11H,3H2,1-2H3/t11-/m1/s1. The highest BCUT2D eigenvalue weighted by Gasteiger charge is 2.28. The fourth-order valence-corrected chi connectivity index (χ4v) is 3.43. The first kappa shape index (κ1) is 13.6. The minimum Gasteiger partial charge on any atom is -0.292 e. The van der Waals surface area contributed by atoms with Crippen molar-refractivity contribution in [3.05, 3.63) is 35.4 Å². The van der Waals surface area contributed by atoms with Gasteiger partial charge in [0.15, 0.2) is 18.9 Å². The average molecular weight is 352 g/mol. The molecule has 0 aliphatic heterocycles. The van der Waals surface area contributed by atoms with Gasteiger partial charge >= 0.3 is 0 Å². The van der Waals surface area contributed by atoms with Crippen LogP contribution < -0.4 is 0 Å². The monoisotopic (exact) mass is 352 g/mol. The molecule has 0 bridgehead atoms. The Morgan fingerprint density at radius 1 is 1.44 bits per heavy atom. The number of sulfone groups is 1. The van der Waals surface area contributed by atoms with Gasteiger partial charge in [0.05, 0.1) is 0 Å². The number of rotatable bonds is 4. The Kier molecular flexibility index (Phi) is 4.49. The number of carbonyl (C=O) groups is 1. The molecule has 1 rings (SSSR count). The number of alkyl halides is 1. The molecule has 0 radical (unpaired) electrons. The normalized spacial score (nSPS) is 13.4. The Hall–Kier alpha value is -0.430. The lowest BCUT2D eigenvalue weighted by Crippen LogP contribution is -2.25. The summed E-state index contributed by atoms with van der Waals surface area (Å²) in [5, 5.41) is 0. The number of ketones is 1. The summed E-state index contributed by atoms with van der Waals surface area (Å²) in [4.78, 5) is 11.9. The van der Waals surface area contributed by atoms with E-state index >= 15 is 0 Å². The van der Waals surface area contributed by atoms with E-state index in [0.717, 1.165) is 5.56 Å². The Bertz CT molecular complexity index is 494. The molecule has 0 unspecified atom stereocenters. The molecular formula is C11H13IO3S. The quantitative estimate of drug-likeness (QED) is 0.475. The third-order valence-corrected chi connectivity index (χ3v) is 6.77. The van der Waals surface area contributed by atoms with Crippen LogP contribution >= 0.6 is 22.6 Å². The lowest BCUT2D eigenvalue weighted by atomic mass is 10.1. The highest BCUT2D eigenvalue weighted by molar-refractivity contribution is 14.1. The van der Waals surface area contributed by atoms with E-state index in [1.807, 2.05) is 13.0 Å². The van der Waals surface area contributed by atoms with Crippen molar-refractivity contribution in [3.63, 3.8) is 0 Å². The molecule has 0 saturated carbocycles. The van der Waals surface area contributed by atoms with Crippen molar-refractivity contribution >= 4 is 38.2 Å². The van der Waals surface area contributed by atoms with E-state index < -0.39 is 13.1 Å². The zero-order chi connectivity index (χ0) is 12.3. The van der Waals surface area contributed by atoms with Crippen molar-refractivity contribution in [2.45, 2.75) is 17.1 Å². The summed E-state index contributed by atoms with van der Waals surface area (Å²) in [5.41, 5.74) is 1.40. The zero-order valence-electron chi connectivity index (χ0n) is 9.10. The molecule has 0 aromatic heterocycles. The van der Waals surface area contributed by atoms with Crippen LogP contribution in [0.5, 0.6) is 0 Å². The number of carbonyl (C=O) groups excluding carboxylic acids is 1. The summed E-state index contributed by atoms with van der Waals surface area (Å²) in [6.07, 6.45) is 0. The second kappa shape index (κ2) is 5.27.